The molecule has 2 heterocycles. The van der Waals surface area contributed by atoms with Crippen molar-refractivity contribution in [3.63, 3.8) is 0 Å². The summed E-state index contributed by atoms with van der Waals surface area (Å²) >= 11 is 0. The van der Waals surface area contributed by atoms with E-state index in [-0.39, 0.29) is 12.0 Å². The lowest BCUT2D eigenvalue weighted by molar-refractivity contribution is 0.203. The second-order valence-corrected chi connectivity index (χ2v) is 3.02. The van der Waals surface area contributed by atoms with Crippen LogP contribution in [-0.2, 0) is 0 Å². The number of pyridine rings is 1. The van der Waals surface area contributed by atoms with Crippen LogP contribution >= 0.6 is 0 Å². The van der Waals surface area contributed by atoms with Crippen molar-refractivity contribution in [3.05, 3.63) is 24.1 Å². The fourth-order valence-corrected chi connectivity index (χ4v) is 1.34. The molecule has 1 N–H and O–H groups in total. The third kappa shape index (κ3) is 1.95. The van der Waals surface area contributed by atoms with E-state index in [1.165, 1.54) is 12.3 Å². The molecule has 0 aliphatic carbocycles. The van der Waals surface area contributed by atoms with Gasteiger partial charge in [0.25, 0.3) is 5.88 Å². The second kappa shape index (κ2) is 3.70. The van der Waals surface area contributed by atoms with E-state index in [9.17, 15) is 4.39 Å². The van der Waals surface area contributed by atoms with Crippen molar-refractivity contribution < 1.29 is 9.13 Å². The van der Waals surface area contributed by atoms with Gasteiger partial charge in [0, 0.05) is 12.7 Å². The minimum Gasteiger partial charge on any atom is -0.471 e. The minimum absolute atomic E-state index is 0.0596. The average molecular weight is 182 g/mol. The largest absolute Gasteiger partial charge is 0.471 e. The third-order valence-electron chi connectivity index (χ3n) is 2.02. The Bertz CT molecular complexity index is 287. The van der Waals surface area contributed by atoms with Gasteiger partial charge in [0.15, 0.2) is 5.82 Å². The van der Waals surface area contributed by atoms with Gasteiger partial charge in [0.05, 0.1) is 0 Å². The van der Waals surface area contributed by atoms with E-state index in [0.29, 0.717) is 0 Å². The molecule has 0 spiro atoms. The molecule has 0 aromatic carbocycles. The van der Waals surface area contributed by atoms with Crippen molar-refractivity contribution in [3.8, 4) is 5.88 Å². The van der Waals surface area contributed by atoms with E-state index in [1.807, 2.05) is 0 Å². The molecule has 1 fully saturated rings. The predicted molar refractivity (Wildman–Crippen MR) is 46.1 cm³/mol. The molecule has 0 unspecified atom stereocenters. The molecule has 0 saturated carbocycles. The van der Waals surface area contributed by atoms with E-state index in [2.05, 4.69) is 10.3 Å². The predicted octanol–water partition coefficient (Wildman–Crippen LogP) is 0.961. The van der Waals surface area contributed by atoms with Crippen LogP contribution in [0.5, 0.6) is 5.88 Å². The number of ether oxygens (including phenoxy) is 1. The first kappa shape index (κ1) is 8.44. The Kier molecular flexibility index (Phi) is 2.40. The molecule has 13 heavy (non-hydrogen) atoms. The molecule has 3 nitrogen and oxygen atoms in total. The number of hydrogen-bond acceptors (Lipinski definition) is 3. The van der Waals surface area contributed by atoms with Crippen molar-refractivity contribution in [1.29, 1.82) is 0 Å². The zero-order valence-electron chi connectivity index (χ0n) is 7.16. The highest BCUT2D eigenvalue weighted by molar-refractivity contribution is 5.13. The molecule has 1 atom stereocenters. The molecule has 0 bridgehead atoms. The maximum Gasteiger partial charge on any atom is 0.250 e. The van der Waals surface area contributed by atoms with Crippen LogP contribution in [0.25, 0.3) is 0 Å². The lowest BCUT2D eigenvalue weighted by atomic mass is 10.3. The highest BCUT2D eigenvalue weighted by Gasteiger charge is 2.17. The van der Waals surface area contributed by atoms with Gasteiger partial charge in [-0.05, 0) is 25.1 Å². The molecular formula is C9H11FN2O. The summed E-state index contributed by atoms with van der Waals surface area (Å²) in [7, 11) is 0. The lowest BCUT2D eigenvalue weighted by Gasteiger charge is -2.11. The number of hydrogen-bond donors (Lipinski definition) is 1. The number of aromatic nitrogens is 1. The van der Waals surface area contributed by atoms with Crippen LogP contribution in [0.15, 0.2) is 18.3 Å². The molecule has 0 radical (unpaired) electrons. The summed E-state index contributed by atoms with van der Waals surface area (Å²) in [6.45, 7) is 1.70. The molecule has 2 rings (SSSR count). The quantitative estimate of drug-likeness (QED) is 0.739. The molecular weight excluding hydrogens is 171 g/mol. The maximum atomic E-state index is 13.0. The van der Waals surface area contributed by atoms with Gasteiger partial charge in [0.2, 0.25) is 0 Å². The molecule has 1 saturated heterocycles. The van der Waals surface area contributed by atoms with Crippen LogP contribution in [0.4, 0.5) is 4.39 Å². The van der Waals surface area contributed by atoms with Gasteiger partial charge >= 0.3 is 0 Å². The van der Waals surface area contributed by atoms with Gasteiger partial charge in [-0.15, -0.1) is 0 Å². The van der Waals surface area contributed by atoms with Crippen molar-refractivity contribution in [2.24, 2.45) is 0 Å². The fourth-order valence-electron chi connectivity index (χ4n) is 1.34. The number of halogens is 1. The van der Waals surface area contributed by atoms with Crippen LogP contribution in [0.2, 0.25) is 0 Å². The topological polar surface area (TPSA) is 34.1 Å². The summed E-state index contributed by atoms with van der Waals surface area (Å²) in [5.74, 6) is -0.286. The number of nitrogens with one attached hydrogen (secondary N) is 1. The van der Waals surface area contributed by atoms with Gasteiger partial charge in [0.1, 0.15) is 6.10 Å². The summed E-state index contributed by atoms with van der Waals surface area (Å²) < 4.78 is 18.4. The van der Waals surface area contributed by atoms with Crippen LogP contribution in [0.3, 0.4) is 0 Å². The second-order valence-electron chi connectivity index (χ2n) is 3.02. The summed E-state index contributed by atoms with van der Waals surface area (Å²) in [5.41, 5.74) is 0. The number of nitrogens with zero attached hydrogens (tertiary/aromatic N) is 1. The molecule has 4 heteroatoms. The van der Waals surface area contributed by atoms with E-state index in [1.54, 1.807) is 6.07 Å². The first-order valence-corrected chi connectivity index (χ1v) is 4.34. The summed E-state index contributed by atoms with van der Waals surface area (Å²) in [5, 5.41) is 3.14. The Hall–Kier alpha value is -1.16. The van der Waals surface area contributed by atoms with Crippen LogP contribution in [0, 0.1) is 5.82 Å². The Balaban J connectivity index is 2.04. The molecule has 0 amide bonds. The van der Waals surface area contributed by atoms with Gasteiger partial charge < -0.3 is 10.1 Å². The highest BCUT2D eigenvalue weighted by atomic mass is 19.1. The van der Waals surface area contributed by atoms with E-state index >= 15 is 0 Å². The molecule has 1 aliphatic rings. The summed E-state index contributed by atoms with van der Waals surface area (Å²) in [6, 6.07) is 2.90. The Morgan fingerprint density at radius 2 is 2.54 bits per heavy atom. The highest BCUT2D eigenvalue weighted by Crippen LogP contribution is 2.15. The molecule has 1 aromatic heterocycles. The van der Waals surface area contributed by atoms with Crippen LogP contribution in [0.1, 0.15) is 6.42 Å². The Morgan fingerprint density at radius 1 is 1.62 bits per heavy atom. The molecule has 1 aliphatic heterocycles. The fraction of sp³-hybridized carbons (Fsp3) is 0.444. The van der Waals surface area contributed by atoms with Crippen molar-refractivity contribution >= 4 is 0 Å². The lowest BCUT2D eigenvalue weighted by Crippen LogP contribution is -2.20. The van der Waals surface area contributed by atoms with E-state index in [0.717, 1.165) is 19.5 Å². The van der Waals surface area contributed by atoms with E-state index in [4.69, 9.17) is 4.74 Å². The Labute approximate surface area is 75.9 Å². The smallest absolute Gasteiger partial charge is 0.250 e. The van der Waals surface area contributed by atoms with Gasteiger partial charge in [-0.25, -0.2) is 9.37 Å². The van der Waals surface area contributed by atoms with E-state index < -0.39 is 5.82 Å². The van der Waals surface area contributed by atoms with Gasteiger partial charge in [-0.1, -0.05) is 0 Å². The number of rotatable bonds is 2. The normalized spacial score (nSPS) is 21.8. The zero-order chi connectivity index (χ0) is 9.10. The molecule has 1 aromatic rings. The maximum absolute atomic E-state index is 13.0. The van der Waals surface area contributed by atoms with Crippen molar-refractivity contribution in [1.82, 2.24) is 10.3 Å². The Morgan fingerprint density at radius 3 is 3.23 bits per heavy atom. The zero-order valence-corrected chi connectivity index (χ0v) is 7.16. The van der Waals surface area contributed by atoms with Crippen molar-refractivity contribution in [2.45, 2.75) is 12.5 Å². The minimum atomic E-state index is -0.394. The summed E-state index contributed by atoms with van der Waals surface area (Å²) in [6.07, 6.45) is 2.50. The first-order chi connectivity index (χ1) is 6.36. The standard InChI is InChI=1S/C9H11FN2O/c10-8-2-1-4-12-9(8)13-7-3-5-11-6-7/h1-2,4,7,11H,3,5-6H2/t7-/m0/s1. The first-order valence-electron chi connectivity index (χ1n) is 4.34. The van der Waals surface area contributed by atoms with Crippen LogP contribution < -0.4 is 10.1 Å². The van der Waals surface area contributed by atoms with Gasteiger partial charge in [-0.2, -0.15) is 0 Å². The SMILES string of the molecule is Fc1cccnc1O[C@H]1CCNC1. The summed E-state index contributed by atoms with van der Waals surface area (Å²) in [4.78, 5) is 3.82. The van der Waals surface area contributed by atoms with Crippen LogP contribution in [-0.4, -0.2) is 24.2 Å². The molecule has 70 valence electrons. The third-order valence-corrected chi connectivity index (χ3v) is 2.02. The average Bonchev–Trinajstić information content (AvgIpc) is 2.61. The monoisotopic (exact) mass is 182 g/mol. The van der Waals surface area contributed by atoms with Gasteiger partial charge in [-0.3, -0.25) is 0 Å². The van der Waals surface area contributed by atoms with Crippen molar-refractivity contribution in [2.75, 3.05) is 13.1 Å².